The summed E-state index contributed by atoms with van der Waals surface area (Å²) in [5.41, 5.74) is 8.43. The summed E-state index contributed by atoms with van der Waals surface area (Å²) in [6.45, 7) is 7.50. The fraction of sp³-hybridized carbons (Fsp3) is 0.375. The van der Waals surface area contributed by atoms with Crippen LogP contribution in [0.4, 0.5) is 11.5 Å². The average molecular weight is 392 g/mol. The van der Waals surface area contributed by atoms with Crippen LogP contribution in [0.25, 0.3) is 11.3 Å². The summed E-state index contributed by atoms with van der Waals surface area (Å²) in [5, 5.41) is 4.97. The normalized spacial score (nSPS) is 13.4. The molecule has 152 valence electrons. The van der Waals surface area contributed by atoms with Gasteiger partial charge in [-0.3, -0.25) is 4.68 Å². The number of ether oxygens (including phenoxy) is 2. The molecule has 1 aliphatic heterocycles. The molecule has 0 fully saturated rings. The summed E-state index contributed by atoms with van der Waals surface area (Å²) in [6, 6.07) is 10.4. The molecular formula is C24H29N3O2. The Morgan fingerprint density at radius 1 is 0.966 bits per heavy atom. The van der Waals surface area contributed by atoms with Gasteiger partial charge in [0.2, 0.25) is 0 Å². The van der Waals surface area contributed by atoms with Crippen LogP contribution in [0, 0.1) is 20.8 Å². The van der Waals surface area contributed by atoms with Gasteiger partial charge in [-0.2, -0.15) is 5.10 Å². The fourth-order valence-electron chi connectivity index (χ4n) is 4.73. The monoisotopic (exact) mass is 391 g/mol. The number of benzene rings is 2. The number of hydrogen-bond donors (Lipinski definition) is 0. The first-order valence-corrected chi connectivity index (χ1v) is 10.1. The minimum absolute atomic E-state index is 0.801. The van der Waals surface area contributed by atoms with E-state index in [2.05, 4.69) is 37.8 Å². The van der Waals surface area contributed by atoms with Crippen LogP contribution in [0.3, 0.4) is 0 Å². The number of fused-ring (bicyclic) bond motifs is 1. The van der Waals surface area contributed by atoms with Gasteiger partial charge in [0.15, 0.2) is 5.82 Å². The molecule has 4 rings (SSSR count). The van der Waals surface area contributed by atoms with Gasteiger partial charge in [-0.1, -0.05) is 23.8 Å². The summed E-state index contributed by atoms with van der Waals surface area (Å²) in [6.07, 6.45) is 2.07. The van der Waals surface area contributed by atoms with Gasteiger partial charge in [0, 0.05) is 24.8 Å². The standard InChI is InChI=1S/C24H29N3O2/c1-15-13-16(2)22(17(3)14-15)27-12-8-9-18-23(26(4)25-24(18)27)21-19(28-5)10-7-11-20(21)29-6/h7,10-11,13-14H,8-9,12H2,1-6H3. The number of rotatable bonds is 4. The molecule has 0 aliphatic carbocycles. The van der Waals surface area contributed by atoms with Crippen LogP contribution in [-0.4, -0.2) is 30.5 Å². The second-order valence-corrected chi connectivity index (χ2v) is 7.81. The van der Waals surface area contributed by atoms with Crippen LogP contribution in [0.1, 0.15) is 28.7 Å². The molecule has 0 saturated carbocycles. The maximum atomic E-state index is 5.69. The van der Waals surface area contributed by atoms with E-state index >= 15 is 0 Å². The molecule has 5 nitrogen and oxygen atoms in total. The van der Waals surface area contributed by atoms with E-state index in [4.69, 9.17) is 14.6 Å². The third-order valence-electron chi connectivity index (χ3n) is 5.76. The number of aryl methyl sites for hydroxylation is 4. The number of methoxy groups -OCH3 is 2. The molecule has 5 heteroatoms. The van der Waals surface area contributed by atoms with Crippen molar-refractivity contribution >= 4 is 11.5 Å². The molecule has 2 heterocycles. The Labute approximate surface area is 172 Å². The van der Waals surface area contributed by atoms with Crippen LogP contribution in [-0.2, 0) is 13.5 Å². The maximum Gasteiger partial charge on any atom is 0.158 e. The first-order chi connectivity index (χ1) is 14.0. The van der Waals surface area contributed by atoms with Crippen molar-refractivity contribution < 1.29 is 9.47 Å². The summed E-state index contributed by atoms with van der Waals surface area (Å²) in [5.74, 6) is 2.64. The smallest absolute Gasteiger partial charge is 0.158 e. The van der Waals surface area contributed by atoms with Crippen LogP contribution in [0.2, 0.25) is 0 Å². The second kappa shape index (κ2) is 7.47. The quantitative estimate of drug-likeness (QED) is 0.619. The summed E-state index contributed by atoms with van der Waals surface area (Å²) in [7, 11) is 5.41. The van der Waals surface area contributed by atoms with E-state index in [0.29, 0.717) is 0 Å². The van der Waals surface area contributed by atoms with Crippen molar-refractivity contribution in [2.24, 2.45) is 7.05 Å². The van der Waals surface area contributed by atoms with Crippen LogP contribution in [0.5, 0.6) is 11.5 Å². The van der Waals surface area contributed by atoms with Gasteiger partial charge in [0.25, 0.3) is 0 Å². The molecule has 29 heavy (non-hydrogen) atoms. The number of aromatic nitrogens is 2. The minimum Gasteiger partial charge on any atom is -0.496 e. The summed E-state index contributed by atoms with van der Waals surface area (Å²) >= 11 is 0. The minimum atomic E-state index is 0.801. The van der Waals surface area contributed by atoms with Gasteiger partial charge in [0.05, 0.1) is 25.5 Å². The molecule has 1 aromatic heterocycles. The Morgan fingerprint density at radius 3 is 2.17 bits per heavy atom. The first-order valence-electron chi connectivity index (χ1n) is 10.1. The Bertz CT molecular complexity index is 1020. The molecule has 0 saturated heterocycles. The lowest BCUT2D eigenvalue weighted by Gasteiger charge is -2.31. The molecule has 0 N–H and O–H groups in total. The van der Waals surface area contributed by atoms with Crippen molar-refractivity contribution in [3.63, 3.8) is 0 Å². The van der Waals surface area contributed by atoms with Gasteiger partial charge in [0.1, 0.15) is 11.5 Å². The van der Waals surface area contributed by atoms with E-state index in [1.54, 1.807) is 14.2 Å². The molecular weight excluding hydrogens is 362 g/mol. The zero-order valence-electron chi connectivity index (χ0n) is 18.2. The molecule has 0 amide bonds. The third kappa shape index (κ3) is 3.15. The summed E-state index contributed by atoms with van der Waals surface area (Å²) < 4.78 is 13.3. The lowest BCUT2D eigenvalue weighted by Crippen LogP contribution is -2.26. The highest BCUT2D eigenvalue weighted by atomic mass is 16.5. The second-order valence-electron chi connectivity index (χ2n) is 7.81. The van der Waals surface area contributed by atoms with E-state index in [1.807, 2.05) is 29.9 Å². The largest absolute Gasteiger partial charge is 0.496 e. The molecule has 2 aromatic carbocycles. The number of nitrogens with zero attached hydrogens (tertiary/aromatic N) is 3. The zero-order chi connectivity index (χ0) is 20.7. The summed E-state index contributed by atoms with van der Waals surface area (Å²) in [4.78, 5) is 2.38. The molecule has 0 unspecified atom stereocenters. The highest BCUT2D eigenvalue weighted by Gasteiger charge is 2.30. The highest BCUT2D eigenvalue weighted by Crippen LogP contribution is 2.45. The van der Waals surface area contributed by atoms with Crippen LogP contribution >= 0.6 is 0 Å². The van der Waals surface area contributed by atoms with Gasteiger partial charge < -0.3 is 14.4 Å². The fourth-order valence-corrected chi connectivity index (χ4v) is 4.73. The van der Waals surface area contributed by atoms with E-state index in [-0.39, 0.29) is 0 Å². The molecule has 1 aliphatic rings. The topological polar surface area (TPSA) is 39.5 Å². The third-order valence-corrected chi connectivity index (χ3v) is 5.76. The maximum absolute atomic E-state index is 5.69. The predicted octanol–water partition coefficient (Wildman–Crippen LogP) is 5.11. The van der Waals surface area contributed by atoms with E-state index in [9.17, 15) is 0 Å². The first kappa shape index (κ1) is 19.4. The highest BCUT2D eigenvalue weighted by molar-refractivity contribution is 5.82. The van der Waals surface area contributed by atoms with Crippen LogP contribution < -0.4 is 14.4 Å². The Hall–Kier alpha value is -2.95. The van der Waals surface area contributed by atoms with Crippen molar-refractivity contribution in [3.8, 4) is 22.8 Å². The average Bonchev–Trinajstić information content (AvgIpc) is 3.02. The van der Waals surface area contributed by atoms with Gasteiger partial charge >= 0.3 is 0 Å². The number of hydrogen-bond acceptors (Lipinski definition) is 4. The Kier molecular flexibility index (Phi) is 4.99. The Morgan fingerprint density at radius 2 is 1.59 bits per heavy atom. The van der Waals surface area contributed by atoms with Crippen molar-refractivity contribution in [2.45, 2.75) is 33.6 Å². The molecule has 3 aromatic rings. The van der Waals surface area contributed by atoms with Crippen molar-refractivity contribution in [3.05, 3.63) is 52.6 Å². The zero-order valence-corrected chi connectivity index (χ0v) is 18.2. The van der Waals surface area contributed by atoms with E-state index in [1.165, 1.54) is 27.9 Å². The van der Waals surface area contributed by atoms with Gasteiger partial charge in [-0.05, 0) is 56.9 Å². The lowest BCUT2D eigenvalue weighted by atomic mass is 9.97. The van der Waals surface area contributed by atoms with Crippen LogP contribution in [0.15, 0.2) is 30.3 Å². The van der Waals surface area contributed by atoms with E-state index < -0.39 is 0 Å². The molecule has 0 atom stereocenters. The van der Waals surface area contributed by atoms with Crippen molar-refractivity contribution in [2.75, 3.05) is 25.7 Å². The van der Waals surface area contributed by atoms with Gasteiger partial charge in [-0.25, -0.2) is 0 Å². The number of anilines is 2. The molecule has 0 bridgehead atoms. The predicted molar refractivity (Wildman–Crippen MR) is 118 cm³/mol. The SMILES string of the molecule is COc1cccc(OC)c1-c1c2c(nn1C)N(c1c(C)cc(C)cc1C)CCC2. The Balaban J connectivity index is 1.93. The lowest BCUT2D eigenvalue weighted by molar-refractivity contribution is 0.396. The molecule has 0 radical (unpaired) electrons. The van der Waals surface area contributed by atoms with Crippen molar-refractivity contribution in [1.82, 2.24) is 9.78 Å². The van der Waals surface area contributed by atoms with Crippen molar-refractivity contribution in [1.29, 1.82) is 0 Å². The van der Waals surface area contributed by atoms with E-state index in [0.717, 1.165) is 48.0 Å². The van der Waals surface area contributed by atoms with Gasteiger partial charge in [-0.15, -0.1) is 0 Å². The molecule has 0 spiro atoms.